The van der Waals surface area contributed by atoms with Gasteiger partial charge in [0.1, 0.15) is 11.6 Å². The van der Waals surface area contributed by atoms with Crippen molar-refractivity contribution in [2.75, 3.05) is 6.61 Å². The molecule has 0 saturated heterocycles. The molecule has 16 heavy (non-hydrogen) atoms. The lowest BCUT2D eigenvalue weighted by Crippen LogP contribution is -2.02. The van der Waals surface area contributed by atoms with Crippen molar-refractivity contribution in [2.24, 2.45) is 0 Å². The molecular weight excluding hydrogens is 247 g/mol. The van der Waals surface area contributed by atoms with Crippen LogP contribution < -0.4 is 4.74 Å². The minimum Gasteiger partial charge on any atom is -0.492 e. The quantitative estimate of drug-likeness (QED) is 0.912. The third-order valence-corrected chi connectivity index (χ3v) is 2.58. The molecule has 1 N–H and O–H groups in total. The van der Waals surface area contributed by atoms with E-state index in [0.717, 1.165) is 5.82 Å². The minimum absolute atomic E-state index is 0.520. The molecular formula is C11H10Cl2N2O. The largest absolute Gasteiger partial charge is 0.492 e. The number of rotatable bonds is 4. The summed E-state index contributed by atoms with van der Waals surface area (Å²) < 4.78 is 5.51. The van der Waals surface area contributed by atoms with Crippen LogP contribution in [0.3, 0.4) is 0 Å². The predicted molar refractivity (Wildman–Crippen MR) is 64.2 cm³/mol. The van der Waals surface area contributed by atoms with Crippen molar-refractivity contribution >= 4 is 23.2 Å². The molecule has 1 aromatic heterocycles. The fourth-order valence-corrected chi connectivity index (χ4v) is 1.75. The summed E-state index contributed by atoms with van der Waals surface area (Å²) in [6.07, 6.45) is 4.21. The highest BCUT2D eigenvalue weighted by Crippen LogP contribution is 2.27. The molecule has 0 atom stereocenters. The number of benzene rings is 1. The molecule has 0 unspecified atom stereocenters. The Labute approximate surface area is 103 Å². The molecule has 2 rings (SSSR count). The van der Waals surface area contributed by atoms with Crippen LogP contribution in [-0.2, 0) is 6.42 Å². The zero-order valence-corrected chi connectivity index (χ0v) is 9.92. The fourth-order valence-electron chi connectivity index (χ4n) is 1.28. The Balaban J connectivity index is 1.90. The lowest BCUT2D eigenvalue weighted by Gasteiger charge is -2.06. The van der Waals surface area contributed by atoms with Gasteiger partial charge in [-0.3, -0.25) is 0 Å². The van der Waals surface area contributed by atoms with Gasteiger partial charge in [-0.1, -0.05) is 23.2 Å². The van der Waals surface area contributed by atoms with Gasteiger partial charge in [-0.2, -0.15) is 0 Å². The first-order valence-corrected chi connectivity index (χ1v) is 5.57. The number of halogens is 2. The standard InChI is InChI=1S/C11H10Cl2N2O/c12-8-1-2-10(9(13)7-8)16-6-3-11-14-4-5-15-11/h1-2,4-5,7H,3,6H2,(H,14,15). The highest BCUT2D eigenvalue weighted by Gasteiger charge is 2.02. The van der Waals surface area contributed by atoms with Crippen LogP contribution in [0.15, 0.2) is 30.6 Å². The van der Waals surface area contributed by atoms with E-state index in [0.29, 0.717) is 28.8 Å². The molecule has 0 aliphatic carbocycles. The van der Waals surface area contributed by atoms with Crippen LogP contribution in [0.5, 0.6) is 5.75 Å². The van der Waals surface area contributed by atoms with Gasteiger partial charge in [-0.25, -0.2) is 4.98 Å². The molecule has 1 aromatic carbocycles. The number of ether oxygens (including phenoxy) is 1. The summed E-state index contributed by atoms with van der Waals surface area (Å²) >= 11 is 11.7. The number of nitrogens with one attached hydrogen (secondary N) is 1. The van der Waals surface area contributed by atoms with Crippen LogP contribution in [0.2, 0.25) is 10.0 Å². The van der Waals surface area contributed by atoms with Gasteiger partial charge in [-0.05, 0) is 18.2 Å². The monoisotopic (exact) mass is 256 g/mol. The third-order valence-electron chi connectivity index (χ3n) is 2.05. The summed E-state index contributed by atoms with van der Waals surface area (Å²) in [5.74, 6) is 1.53. The molecule has 1 heterocycles. The Morgan fingerprint density at radius 1 is 1.31 bits per heavy atom. The van der Waals surface area contributed by atoms with E-state index in [1.165, 1.54) is 0 Å². The van der Waals surface area contributed by atoms with E-state index in [-0.39, 0.29) is 0 Å². The summed E-state index contributed by atoms with van der Waals surface area (Å²) in [5, 5.41) is 1.12. The number of hydrogen-bond donors (Lipinski definition) is 1. The maximum atomic E-state index is 5.96. The van der Waals surface area contributed by atoms with Crippen LogP contribution in [0, 0.1) is 0 Å². The zero-order chi connectivity index (χ0) is 11.4. The van der Waals surface area contributed by atoms with Crippen LogP contribution >= 0.6 is 23.2 Å². The highest BCUT2D eigenvalue weighted by atomic mass is 35.5. The summed E-state index contributed by atoms with van der Waals surface area (Å²) in [6.45, 7) is 0.523. The average Bonchev–Trinajstić information content (AvgIpc) is 2.74. The molecule has 5 heteroatoms. The van der Waals surface area contributed by atoms with Gasteiger partial charge in [0.25, 0.3) is 0 Å². The molecule has 0 radical (unpaired) electrons. The van der Waals surface area contributed by atoms with Gasteiger partial charge in [-0.15, -0.1) is 0 Å². The van der Waals surface area contributed by atoms with E-state index >= 15 is 0 Å². The van der Waals surface area contributed by atoms with Crippen molar-refractivity contribution in [3.8, 4) is 5.75 Å². The van der Waals surface area contributed by atoms with Gasteiger partial charge in [0.15, 0.2) is 0 Å². The molecule has 0 fully saturated rings. The van der Waals surface area contributed by atoms with E-state index in [2.05, 4.69) is 9.97 Å². The maximum Gasteiger partial charge on any atom is 0.138 e. The second-order valence-electron chi connectivity index (χ2n) is 3.21. The molecule has 0 bridgehead atoms. The molecule has 2 aromatic rings. The topological polar surface area (TPSA) is 37.9 Å². The average molecular weight is 257 g/mol. The van der Waals surface area contributed by atoms with Crippen LogP contribution in [-0.4, -0.2) is 16.6 Å². The lowest BCUT2D eigenvalue weighted by atomic mass is 10.3. The van der Waals surface area contributed by atoms with E-state index in [4.69, 9.17) is 27.9 Å². The number of nitrogens with zero attached hydrogens (tertiary/aromatic N) is 1. The first-order valence-electron chi connectivity index (χ1n) is 4.82. The number of aromatic nitrogens is 2. The number of hydrogen-bond acceptors (Lipinski definition) is 2. The van der Waals surface area contributed by atoms with Gasteiger partial charge in [0.2, 0.25) is 0 Å². The van der Waals surface area contributed by atoms with E-state index in [1.807, 2.05) is 0 Å². The van der Waals surface area contributed by atoms with E-state index in [9.17, 15) is 0 Å². The Hall–Kier alpha value is -1.19. The van der Waals surface area contributed by atoms with Gasteiger partial charge in [0, 0.05) is 23.8 Å². The second-order valence-corrected chi connectivity index (χ2v) is 4.05. The number of imidazole rings is 1. The van der Waals surface area contributed by atoms with Crippen molar-refractivity contribution in [2.45, 2.75) is 6.42 Å². The summed E-state index contributed by atoms with van der Waals surface area (Å²) in [4.78, 5) is 7.10. The van der Waals surface area contributed by atoms with Crippen molar-refractivity contribution in [3.63, 3.8) is 0 Å². The SMILES string of the molecule is Clc1ccc(OCCc2ncc[nH]2)c(Cl)c1. The number of aromatic amines is 1. The van der Waals surface area contributed by atoms with Crippen molar-refractivity contribution < 1.29 is 4.74 Å². The van der Waals surface area contributed by atoms with E-state index < -0.39 is 0 Å². The second kappa shape index (κ2) is 5.23. The Morgan fingerprint density at radius 2 is 2.19 bits per heavy atom. The zero-order valence-electron chi connectivity index (χ0n) is 8.41. The van der Waals surface area contributed by atoms with Crippen LogP contribution in [0.25, 0.3) is 0 Å². The highest BCUT2D eigenvalue weighted by molar-refractivity contribution is 6.35. The molecule has 0 aliphatic rings. The van der Waals surface area contributed by atoms with Gasteiger partial charge in [0.05, 0.1) is 11.6 Å². The van der Waals surface area contributed by atoms with Crippen LogP contribution in [0.4, 0.5) is 0 Å². The Bertz CT molecular complexity index is 457. The Kier molecular flexibility index (Phi) is 3.70. The van der Waals surface area contributed by atoms with Gasteiger partial charge < -0.3 is 9.72 Å². The molecule has 84 valence electrons. The summed E-state index contributed by atoms with van der Waals surface area (Å²) in [5.41, 5.74) is 0. The molecule has 0 aliphatic heterocycles. The van der Waals surface area contributed by atoms with E-state index in [1.54, 1.807) is 30.6 Å². The first kappa shape index (κ1) is 11.3. The van der Waals surface area contributed by atoms with Gasteiger partial charge >= 0.3 is 0 Å². The van der Waals surface area contributed by atoms with Crippen molar-refractivity contribution in [1.82, 2.24) is 9.97 Å². The lowest BCUT2D eigenvalue weighted by molar-refractivity contribution is 0.319. The summed E-state index contributed by atoms with van der Waals surface area (Å²) in [6, 6.07) is 5.16. The molecule has 0 spiro atoms. The first-order chi connectivity index (χ1) is 7.75. The predicted octanol–water partition coefficient (Wildman–Crippen LogP) is 3.34. The normalized spacial score (nSPS) is 10.4. The summed E-state index contributed by atoms with van der Waals surface area (Å²) in [7, 11) is 0. The number of H-pyrrole nitrogens is 1. The third kappa shape index (κ3) is 2.90. The Morgan fingerprint density at radius 3 is 2.88 bits per heavy atom. The molecule has 0 amide bonds. The van der Waals surface area contributed by atoms with Crippen LogP contribution in [0.1, 0.15) is 5.82 Å². The maximum absolute atomic E-state index is 5.96. The smallest absolute Gasteiger partial charge is 0.138 e. The fraction of sp³-hybridized carbons (Fsp3) is 0.182. The molecule has 3 nitrogen and oxygen atoms in total. The van der Waals surface area contributed by atoms with Crippen molar-refractivity contribution in [3.05, 3.63) is 46.5 Å². The van der Waals surface area contributed by atoms with Crippen molar-refractivity contribution in [1.29, 1.82) is 0 Å². The minimum atomic E-state index is 0.520. The molecule has 0 saturated carbocycles.